The Morgan fingerprint density at radius 1 is 1.64 bits per heavy atom. The molecule has 0 radical (unpaired) electrons. The third-order valence-corrected chi connectivity index (χ3v) is 1.79. The molecule has 0 saturated heterocycles. The first-order valence-electron chi connectivity index (χ1n) is 3.08. The van der Waals surface area contributed by atoms with Crippen LogP contribution in [0.2, 0.25) is 0 Å². The van der Waals surface area contributed by atoms with Crippen LogP contribution in [0.3, 0.4) is 0 Å². The molecule has 0 bridgehead atoms. The van der Waals surface area contributed by atoms with Gasteiger partial charge in [0.25, 0.3) is 0 Å². The first-order valence-corrected chi connectivity index (χ1v) is 4.84. The van der Waals surface area contributed by atoms with E-state index in [4.69, 9.17) is 4.89 Å². The smallest absolute Gasteiger partial charge is 0.779 e. The van der Waals surface area contributed by atoms with Crippen molar-refractivity contribution < 1.29 is 43.9 Å². The summed E-state index contributed by atoms with van der Waals surface area (Å²) in [7, 11) is -4.02. The summed E-state index contributed by atoms with van der Waals surface area (Å²) in [6.07, 6.45) is 2.03. The maximum atomic E-state index is 10.2. The molecule has 0 heterocycles. The van der Waals surface area contributed by atoms with E-state index in [1.54, 1.807) is 6.08 Å². The summed E-state index contributed by atoms with van der Waals surface area (Å²) in [5.74, 6) is 0. The molecule has 0 aromatic carbocycles. The van der Waals surface area contributed by atoms with Crippen molar-refractivity contribution in [2.24, 2.45) is 0 Å². The van der Waals surface area contributed by atoms with Crippen LogP contribution >= 0.6 is 7.60 Å². The SMILES string of the molecule is CC(C)=CCCP(=O)([O-])O.[Na+]. The van der Waals surface area contributed by atoms with Gasteiger partial charge in [-0.25, -0.2) is 0 Å². The van der Waals surface area contributed by atoms with Gasteiger partial charge in [0.15, 0.2) is 0 Å². The van der Waals surface area contributed by atoms with Crippen LogP contribution < -0.4 is 34.5 Å². The molecule has 0 aliphatic heterocycles. The van der Waals surface area contributed by atoms with Crippen molar-refractivity contribution >= 4 is 7.60 Å². The van der Waals surface area contributed by atoms with Crippen LogP contribution in [0, 0.1) is 0 Å². The van der Waals surface area contributed by atoms with Crippen molar-refractivity contribution in [2.75, 3.05) is 6.16 Å². The molecule has 1 N–H and O–H groups in total. The Labute approximate surface area is 89.3 Å². The van der Waals surface area contributed by atoms with E-state index < -0.39 is 7.60 Å². The first-order chi connectivity index (χ1) is 4.42. The fourth-order valence-electron chi connectivity index (χ4n) is 0.516. The number of allylic oxidation sites excluding steroid dienone is 2. The molecule has 60 valence electrons. The average Bonchev–Trinajstić information content (AvgIpc) is 1.59. The van der Waals surface area contributed by atoms with Crippen LogP contribution in [0.5, 0.6) is 0 Å². The minimum Gasteiger partial charge on any atom is -0.779 e. The Balaban J connectivity index is 0. The quantitative estimate of drug-likeness (QED) is 0.312. The largest absolute Gasteiger partial charge is 1.00 e. The molecule has 0 aromatic heterocycles. The first kappa shape index (κ1) is 14.4. The second kappa shape index (κ2) is 6.41. The zero-order valence-corrected chi connectivity index (χ0v) is 10.1. The van der Waals surface area contributed by atoms with Gasteiger partial charge in [-0.3, -0.25) is 0 Å². The van der Waals surface area contributed by atoms with Gasteiger partial charge in [0.05, 0.1) is 0 Å². The number of rotatable bonds is 3. The third-order valence-electron chi connectivity index (χ3n) is 0.964. The van der Waals surface area contributed by atoms with Crippen molar-refractivity contribution in [2.45, 2.75) is 20.3 Å². The summed E-state index contributed by atoms with van der Waals surface area (Å²) >= 11 is 0. The molecular formula is C6H12NaO3P. The van der Waals surface area contributed by atoms with Crippen LogP contribution in [-0.4, -0.2) is 11.1 Å². The van der Waals surface area contributed by atoms with Crippen LogP contribution in [0.25, 0.3) is 0 Å². The molecule has 11 heavy (non-hydrogen) atoms. The zero-order valence-electron chi connectivity index (χ0n) is 7.20. The minimum absolute atomic E-state index is 0. The normalized spacial score (nSPS) is 14.5. The van der Waals surface area contributed by atoms with Crippen molar-refractivity contribution in [1.29, 1.82) is 0 Å². The Morgan fingerprint density at radius 3 is 2.36 bits per heavy atom. The Hall–Kier alpha value is 0.890. The molecule has 0 amide bonds. The second-order valence-corrected chi connectivity index (χ2v) is 4.15. The molecule has 0 aliphatic carbocycles. The van der Waals surface area contributed by atoms with Gasteiger partial charge in [0.2, 0.25) is 0 Å². The fourth-order valence-corrected chi connectivity index (χ4v) is 0.972. The molecule has 0 spiro atoms. The van der Waals surface area contributed by atoms with Crippen molar-refractivity contribution in [3.8, 4) is 0 Å². The van der Waals surface area contributed by atoms with E-state index in [9.17, 15) is 9.46 Å². The van der Waals surface area contributed by atoms with Gasteiger partial charge < -0.3 is 14.4 Å². The molecule has 0 fully saturated rings. The topological polar surface area (TPSA) is 60.4 Å². The van der Waals surface area contributed by atoms with E-state index in [0.717, 1.165) is 5.57 Å². The summed E-state index contributed by atoms with van der Waals surface area (Å²) in [5, 5.41) is 0. The third kappa shape index (κ3) is 13.8. The molecule has 0 aliphatic rings. The average molecular weight is 186 g/mol. The zero-order chi connectivity index (χ0) is 8.20. The van der Waals surface area contributed by atoms with E-state index in [-0.39, 0.29) is 35.7 Å². The van der Waals surface area contributed by atoms with Crippen molar-refractivity contribution in [1.82, 2.24) is 0 Å². The van der Waals surface area contributed by atoms with Gasteiger partial charge in [-0.1, -0.05) is 11.6 Å². The predicted octanol–water partition coefficient (Wildman–Crippen LogP) is -2.11. The Bertz CT molecular complexity index is 169. The van der Waals surface area contributed by atoms with Crippen LogP contribution in [0.15, 0.2) is 11.6 Å². The summed E-state index contributed by atoms with van der Waals surface area (Å²) < 4.78 is 10.2. The van der Waals surface area contributed by atoms with Gasteiger partial charge in [-0.15, -0.1) is 0 Å². The van der Waals surface area contributed by atoms with E-state index in [0.29, 0.717) is 6.42 Å². The van der Waals surface area contributed by atoms with E-state index >= 15 is 0 Å². The predicted molar refractivity (Wildman–Crippen MR) is 38.7 cm³/mol. The summed E-state index contributed by atoms with van der Waals surface area (Å²) in [4.78, 5) is 18.5. The Morgan fingerprint density at radius 2 is 2.09 bits per heavy atom. The maximum Gasteiger partial charge on any atom is 1.00 e. The minimum atomic E-state index is -4.02. The van der Waals surface area contributed by atoms with E-state index in [1.807, 2.05) is 13.8 Å². The molecule has 0 aromatic rings. The summed E-state index contributed by atoms with van der Waals surface area (Å²) in [5.41, 5.74) is 1.06. The second-order valence-electron chi connectivity index (χ2n) is 2.43. The summed E-state index contributed by atoms with van der Waals surface area (Å²) in [6, 6.07) is 0. The van der Waals surface area contributed by atoms with E-state index in [2.05, 4.69) is 0 Å². The molecule has 0 rings (SSSR count). The van der Waals surface area contributed by atoms with Crippen LogP contribution in [0.1, 0.15) is 20.3 Å². The molecule has 1 unspecified atom stereocenters. The van der Waals surface area contributed by atoms with Gasteiger partial charge in [0, 0.05) is 6.16 Å². The van der Waals surface area contributed by atoms with E-state index in [1.165, 1.54) is 0 Å². The van der Waals surface area contributed by atoms with Crippen molar-refractivity contribution in [3.05, 3.63) is 11.6 Å². The molecule has 1 atom stereocenters. The van der Waals surface area contributed by atoms with Gasteiger partial charge in [0.1, 0.15) is 7.60 Å². The summed E-state index contributed by atoms with van der Waals surface area (Å²) in [6.45, 7) is 3.76. The van der Waals surface area contributed by atoms with Gasteiger partial charge in [-0.2, -0.15) is 0 Å². The molecule has 0 saturated carbocycles. The van der Waals surface area contributed by atoms with Crippen LogP contribution in [-0.2, 0) is 4.57 Å². The maximum absolute atomic E-state index is 10.2. The molecule has 5 heteroatoms. The standard InChI is InChI=1S/C6H13O3P.Na/c1-6(2)4-3-5-10(7,8)9;/h4H,3,5H2,1-2H3,(H2,7,8,9);/q;+1/p-1. The molecular weight excluding hydrogens is 174 g/mol. The van der Waals surface area contributed by atoms with Gasteiger partial charge in [-0.05, 0) is 20.3 Å². The Kier molecular flexibility index (Phi) is 8.40. The number of hydrogen-bond donors (Lipinski definition) is 1. The van der Waals surface area contributed by atoms with Crippen molar-refractivity contribution in [3.63, 3.8) is 0 Å². The number of hydrogen-bond acceptors (Lipinski definition) is 2. The van der Waals surface area contributed by atoms with Crippen LogP contribution in [0.4, 0.5) is 0 Å². The molecule has 3 nitrogen and oxygen atoms in total. The van der Waals surface area contributed by atoms with Gasteiger partial charge >= 0.3 is 29.6 Å². The monoisotopic (exact) mass is 186 g/mol. The fraction of sp³-hybridized carbons (Fsp3) is 0.667.